The quantitative estimate of drug-likeness (QED) is 0.731. The van der Waals surface area contributed by atoms with Crippen LogP contribution in [0, 0.1) is 0 Å². The topological polar surface area (TPSA) is 58.4 Å². The molecule has 1 heterocycles. The van der Waals surface area contributed by atoms with Gasteiger partial charge in [0.25, 0.3) is 0 Å². The molecule has 0 radical (unpaired) electrons. The van der Waals surface area contributed by atoms with Crippen LogP contribution in [0.4, 0.5) is 5.69 Å². The monoisotopic (exact) mass is 331 g/mol. The number of nitrogen functional groups attached to an aromatic ring is 1. The van der Waals surface area contributed by atoms with E-state index in [1.807, 2.05) is 24.3 Å². The fourth-order valence-corrected chi connectivity index (χ4v) is 3.39. The van der Waals surface area contributed by atoms with Crippen molar-refractivity contribution >= 4 is 22.9 Å². The third-order valence-corrected chi connectivity index (χ3v) is 4.72. The van der Waals surface area contributed by atoms with E-state index in [9.17, 15) is 4.79 Å². The minimum Gasteiger partial charge on any atom is -0.399 e. The Morgan fingerprint density at radius 3 is 2.48 bits per heavy atom. The van der Waals surface area contributed by atoms with Crippen LogP contribution in [0.25, 0.3) is 0 Å². The molecule has 124 valence electrons. The van der Waals surface area contributed by atoms with Crippen molar-refractivity contribution in [3.8, 4) is 0 Å². The number of hydrogen-bond acceptors (Lipinski definition) is 4. The van der Waals surface area contributed by atoms with Gasteiger partial charge in [0.05, 0.1) is 12.5 Å². The third kappa shape index (κ3) is 5.08. The van der Waals surface area contributed by atoms with E-state index in [2.05, 4.69) is 40.9 Å². The van der Waals surface area contributed by atoms with Crippen molar-refractivity contribution < 1.29 is 4.79 Å². The van der Waals surface area contributed by atoms with Gasteiger partial charge in [0.2, 0.25) is 5.91 Å². The summed E-state index contributed by atoms with van der Waals surface area (Å²) in [5, 5.41) is 7.32. The highest BCUT2D eigenvalue weighted by Crippen LogP contribution is 2.22. The number of thiophene rings is 1. The van der Waals surface area contributed by atoms with Crippen molar-refractivity contribution in [2.24, 2.45) is 0 Å². The number of likely N-dealkylation sites (N-methyl/N-ethyl adjacent to an activating group) is 1. The van der Waals surface area contributed by atoms with Gasteiger partial charge in [-0.15, -0.1) is 0 Å². The first-order chi connectivity index (χ1) is 11.1. The molecule has 2 aromatic rings. The standard InChI is InChI=1S/C18H25N3OS/c1-3-21(4-2)17(15-9-10-23-13-15)12-20-18(22)11-14-5-7-16(19)8-6-14/h5-10,13,17H,3-4,11-12,19H2,1-2H3,(H,20,22). The van der Waals surface area contributed by atoms with E-state index >= 15 is 0 Å². The van der Waals surface area contributed by atoms with E-state index in [1.165, 1.54) is 5.56 Å². The van der Waals surface area contributed by atoms with Gasteiger partial charge in [0.15, 0.2) is 0 Å². The maximum Gasteiger partial charge on any atom is 0.224 e. The SMILES string of the molecule is CCN(CC)C(CNC(=O)Cc1ccc(N)cc1)c1ccsc1. The van der Waals surface area contributed by atoms with Crippen LogP contribution in [0.15, 0.2) is 41.1 Å². The molecular formula is C18H25N3OS. The Kier molecular flexibility index (Phi) is 6.62. The Morgan fingerprint density at radius 2 is 1.91 bits per heavy atom. The summed E-state index contributed by atoms with van der Waals surface area (Å²) in [7, 11) is 0. The molecule has 0 saturated carbocycles. The zero-order valence-corrected chi connectivity index (χ0v) is 14.6. The molecule has 3 N–H and O–H groups in total. The second-order valence-electron chi connectivity index (χ2n) is 5.52. The van der Waals surface area contributed by atoms with Gasteiger partial charge in [0, 0.05) is 12.2 Å². The van der Waals surface area contributed by atoms with Crippen LogP contribution in [-0.2, 0) is 11.2 Å². The highest BCUT2D eigenvalue weighted by molar-refractivity contribution is 7.07. The smallest absolute Gasteiger partial charge is 0.224 e. The lowest BCUT2D eigenvalue weighted by atomic mass is 10.1. The molecule has 0 aliphatic carbocycles. The van der Waals surface area contributed by atoms with Gasteiger partial charge >= 0.3 is 0 Å². The van der Waals surface area contributed by atoms with Gasteiger partial charge in [-0.1, -0.05) is 26.0 Å². The number of carbonyl (C=O) groups excluding carboxylic acids is 1. The summed E-state index contributed by atoms with van der Waals surface area (Å²) < 4.78 is 0. The molecule has 0 spiro atoms. The third-order valence-electron chi connectivity index (χ3n) is 4.02. The van der Waals surface area contributed by atoms with E-state index in [4.69, 9.17) is 5.73 Å². The van der Waals surface area contributed by atoms with E-state index in [1.54, 1.807) is 11.3 Å². The highest BCUT2D eigenvalue weighted by Gasteiger charge is 2.19. The van der Waals surface area contributed by atoms with Crippen LogP contribution in [0.1, 0.15) is 31.0 Å². The van der Waals surface area contributed by atoms with E-state index in [0.717, 1.165) is 18.7 Å². The predicted octanol–water partition coefficient (Wildman–Crippen LogP) is 3.07. The number of hydrogen-bond donors (Lipinski definition) is 2. The fourth-order valence-electron chi connectivity index (χ4n) is 2.68. The molecule has 1 aromatic heterocycles. The molecule has 1 unspecified atom stereocenters. The summed E-state index contributed by atoms with van der Waals surface area (Å²) in [6.07, 6.45) is 0.384. The van der Waals surface area contributed by atoms with Crippen molar-refractivity contribution in [3.63, 3.8) is 0 Å². The average molecular weight is 331 g/mol. The lowest BCUT2D eigenvalue weighted by molar-refractivity contribution is -0.120. The first kappa shape index (κ1) is 17.5. The van der Waals surface area contributed by atoms with Crippen LogP contribution >= 0.6 is 11.3 Å². The molecule has 0 aliphatic rings. The Bertz CT molecular complexity index is 591. The zero-order chi connectivity index (χ0) is 16.7. The lowest BCUT2D eigenvalue weighted by Gasteiger charge is -2.29. The van der Waals surface area contributed by atoms with Crippen molar-refractivity contribution in [1.82, 2.24) is 10.2 Å². The number of nitrogens with two attached hydrogens (primary N) is 1. The molecule has 0 aliphatic heterocycles. The minimum atomic E-state index is 0.0437. The number of anilines is 1. The number of amides is 1. The van der Waals surface area contributed by atoms with Gasteiger partial charge in [0.1, 0.15) is 0 Å². The molecule has 23 heavy (non-hydrogen) atoms. The van der Waals surface area contributed by atoms with Crippen molar-refractivity contribution in [1.29, 1.82) is 0 Å². The summed E-state index contributed by atoms with van der Waals surface area (Å²) in [5.74, 6) is 0.0437. The molecule has 1 atom stereocenters. The summed E-state index contributed by atoms with van der Waals surface area (Å²) >= 11 is 1.69. The molecule has 4 nitrogen and oxygen atoms in total. The zero-order valence-electron chi connectivity index (χ0n) is 13.8. The fraction of sp³-hybridized carbons (Fsp3) is 0.389. The molecule has 2 rings (SSSR count). The van der Waals surface area contributed by atoms with E-state index in [0.29, 0.717) is 18.7 Å². The first-order valence-corrected chi connectivity index (χ1v) is 8.95. The lowest BCUT2D eigenvalue weighted by Crippen LogP contribution is -2.38. The van der Waals surface area contributed by atoms with Gasteiger partial charge in [-0.25, -0.2) is 0 Å². The number of nitrogens with one attached hydrogen (secondary N) is 1. The molecule has 0 fully saturated rings. The second kappa shape index (κ2) is 8.70. The Hall–Kier alpha value is -1.85. The molecule has 1 aromatic carbocycles. The Morgan fingerprint density at radius 1 is 1.22 bits per heavy atom. The summed E-state index contributed by atoms with van der Waals surface area (Å²) in [4.78, 5) is 14.6. The average Bonchev–Trinajstić information content (AvgIpc) is 3.08. The maximum atomic E-state index is 12.2. The molecule has 0 saturated heterocycles. The summed E-state index contributed by atoms with van der Waals surface area (Å²) in [6.45, 7) is 6.86. The van der Waals surface area contributed by atoms with Crippen molar-refractivity contribution in [3.05, 3.63) is 52.2 Å². The predicted molar refractivity (Wildman–Crippen MR) is 97.5 cm³/mol. The maximum absolute atomic E-state index is 12.2. The Labute approximate surface area is 142 Å². The second-order valence-corrected chi connectivity index (χ2v) is 6.30. The molecular weight excluding hydrogens is 306 g/mol. The van der Waals surface area contributed by atoms with Crippen LogP contribution in [0.5, 0.6) is 0 Å². The normalized spacial score (nSPS) is 12.3. The van der Waals surface area contributed by atoms with Gasteiger partial charge in [-0.3, -0.25) is 9.69 Å². The van der Waals surface area contributed by atoms with Gasteiger partial charge < -0.3 is 11.1 Å². The molecule has 1 amide bonds. The summed E-state index contributed by atoms with van der Waals surface area (Å²) in [5.41, 5.74) is 8.63. The van der Waals surface area contributed by atoms with E-state index < -0.39 is 0 Å². The largest absolute Gasteiger partial charge is 0.399 e. The van der Waals surface area contributed by atoms with Crippen LogP contribution in [0.2, 0.25) is 0 Å². The van der Waals surface area contributed by atoms with Crippen LogP contribution in [-0.4, -0.2) is 30.4 Å². The molecule has 0 bridgehead atoms. The van der Waals surface area contributed by atoms with Crippen LogP contribution < -0.4 is 11.1 Å². The van der Waals surface area contributed by atoms with Gasteiger partial charge in [-0.05, 0) is 53.2 Å². The van der Waals surface area contributed by atoms with E-state index in [-0.39, 0.29) is 11.9 Å². The minimum absolute atomic E-state index is 0.0437. The Balaban J connectivity index is 1.95. The van der Waals surface area contributed by atoms with Crippen molar-refractivity contribution in [2.45, 2.75) is 26.3 Å². The summed E-state index contributed by atoms with van der Waals surface area (Å²) in [6, 6.07) is 9.82. The number of benzene rings is 1. The number of carbonyl (C=O) groups is 1. The first-order valence-electron chi connectivity index (χ1n) is 8.01. The van der Waals surface area contributed by atoms with Crippen LogP contribution in [0.3, 0.4) is 0 Å². The highest BCUT2D eigenvalue weighted by atomic mass is 32.1. The van der Waals surface area contributed by atoms with Gasteiger partial charge in [-0.2, -0.15) is 11.3 Å². The molecule has 5 heteroatoms. The van der Waals surface area contributed by atoms with Crippen molar-refractivity contribution in [2.75, 3.05) is 25.4 Å². The number of rotatable bonds is 8. The number of nitrogens with zero attached hydrogens (tertiary/aromatic N) is 1.